The van der Waals surface area contributed by atoms with Crippen LogP contribution in [-0.2, 0) is 11.2 Å². The molecule has 0 saturated heterocycles. The third-order valence-electron chi connectivity index (χ3n) is 2.43. The molecule has 1 aromatic carbocycles. The van der Waals surface area contributed by atoms with Crippen molar-refractivity contribution in [1.29, 1.82) is 0 Å². The molecule has 0 radical (unpaired) electrons. The smallest absolute Gasteiger partial charge is 0.153 e. The van der Waals surface area contributed by atoms with E-state index < -0.39 is 0 Å². The summed E-state index contributed by atoms with van der Waals surface area (Å²) in [6, 6.07) is 7.75. The van der Waals surface area contributed by atoms with Gasteiger partial charge in [-0.15, -0.1) is 11.3 Å². The summed E-state index contributed by atoms with van der Waals surface area (Å²) < 4.78 is 1.23. The molecular weight excluding hydrogens is 206 g/mol. The van der Waals surface area contributed by atoms with Crippen molar-refractivity contribution in [1.82, 2.24) is 0 Å². The zero-order valence-electron chi connectivity index (χ0n) is 8.57. The predicted octanol–water partition coefficient (Wildman–Crippen LogP) is 2.36. The predicted molar refractivity (Wildman–Crippen MR) is 64.2 cm³/mol. The molecule has 78 valence electrons. The zero-order chi connectivity index (χ0) is 10.8. The Morgan fingerprint density at radius 3 is 2.93 bits per heavy atom. The number of fused-ring (bicyclic) bond motifs is 1. The lowest BCUT2D eigenvalue weighted by Crippen LogP contribution is -2.27. The Labute approximate surface area is 92.7 Å². The summed E-state index contributed by atoms with van der Waals surface area (Å²) >= 11 is 1.67. The largest absolute Gasteiger partial charge is 0.322 e. The first-order valence-electron chi connectivity index (χ1n) is 4.92. The van der Waals surface area contributed by atoms with Gasteiger partial charge in [0, 0.05) is 11.1 Å². The van der Waals surface area contributed by atoms with Crippen molar-refractivity contribution < 1.29 is 4.79 Å². The second-order valence-corrected chi connectivity index (χ2v) is 4.60. The summed E-state index contributed by atoms with van der Waals surface area (Å²) in [5.74, 6) is 0.0959. The Morgan fingerprint density at radius 1 is 1.47 bits per heavy atom. The van der Waals surface area contributed by atoms with E-state index in [1.807, 2.05) is 17.5 Å². The number of hydrogen-bond donors (Lipinski definition) is 1. The van der Waals surface area contributed by atoms with Crippen LogP contribution in [0.1, 0.15) is 12.5 Å². The van der Waals surface area contributed by atoms with Crippen LogP contribution in [0.15, 0.2) is 29.6 Å². The molecule has 1 unspecified atom stereocenters. The Kier molecular flexibility index (Phi) is 2.84. The zero-order valence-corrected chi connectivity index (χ0v) is 9.38. The quantitative estimate of drug-likeness (QED) is 0.861. The monoisotopic (exact) mass is 219 g/mol. The Hall–Kier alpha value is -1.19. The van der Waals surface area contributed by atoms with E-state index in [1.54, 1.807) is 18.3 Å². The molecule has 15 heavy (non-hydrogen) atoms. The van der Waals surface area contributed by atoms with E-state index in [4.69, 9.17) is 5.73 Å². The first-order valence-corrected chi connectivity index (χ1v) is 5.80. The van der Waals surface area contributed by atoms with E-state index in [1.165, 1.54) is 10.1 Å². The van der Waals surface area contributed by atoms with Crippen LogP contribution >= 0.6 is 11.3 Å². The number of ketones is 1. The highest BCUT2D eigenvalue weighted by molar-refractivity contribution is 7.17. The molecule has 0 aliphatic heterocycles. The van der Waals surface area contributed by atoms with Crippen LogP contribution in [0.5, 0.6) is 0 Å². The summed E-state index contributed by atoms with van der Waals surface area (Å²) in [6.07, 6.45) is 0.446. The van der Waals surface area contributed by atoms with Gasteiger partial charge in [0.2, 0.25) is 0 Å². The van der Waals surface area contributed by atoms with Crippen molar-refractivity contribution in [3.8, 4) is 0 Å². The highest BCUT2D eigenvalue weighted by Gasteiger charge is 2.11. The number of rotatable bonds is 3. The second kappa shape index (κ2) is 4.13. The van der Waals surface area contributed by atoms with Crippen LogP contribution in [0.2, 0.25) is 0 Å². The number of nitrogens with two attached hydrogens (primary N) is 1. The second-order valence-electron chi connectivity index (χ2n) is 3.69. The summed E-state index contributed by atoms with van der Waals surface area (Å²) in [5.41, 5.74) is 6.65. The molecule has 2 N–H and O–H groups in total. The molecule has 0 saturated carbocycles. The van der Waals surface area contributed by atoms with Crippen LogP contribution < -0.4 is 5.73 Å². The fourth-order valence-corrected chi connectivity index (χ4v) is 2.48. The van der Waals surface area contributed by atoms with Crippen molar-refractivity contribution >= 4 is 27.2 Å². The average molecular weight is 219 g/mol. The lowest BCUT2D eigenvalue weighted by Gasteiger charge is -2.02. The molecule has 0 aliphatic carbocycles. The van der Waals surface area contributed by atoms with Crippen molar-refractivity contribution in [2.24, 2.45) is 5.73 Å². The minimum absolute atomic E-state index is 0.0959. The molecule has 2 rings (SSSR count). The number of benzene rings is 1. The van der Waals surface area contributed by atoms with Crippen LogP contribution in [0.3, 0.4) is 0 Å². The van der Waals surface area contributed by atoms with Crippen LogP contribution in [0.4, 0.5) is 0 Å². The molecule has 1 aromatic heterocycles. The summed E-state index contributed by atoms with van der Waals surface area (Å²) in [5, 5.41) is 3.22. The molecule has 0 amide bonds. The maximum Gasteiger partial charge on any atom is 0.153 e. The number of hydrogen-bond acceptors (Lipinski definition) is 3. The number of thiophene rings is 1. The van der Waals surface area contributed by atoms with Crippen molar-refractivity contribution in [3.63, 3.8) is 0 Å². The lowest BCUT2D eigenvalue weighted by molar-refractivity contribution is -0.119. The Balaban J connectivity index is 2.33. The molecule has 0 spiro atoms. The van der Waals surface area contributed by atoms with Crippen molar-refractivity contribution in [2.45, 2.75) is 19.4 Å². The summed E-state index contributed by atoms with van der Waals surface area (Å²) in [7, 11) is 0. The number of carbonyl (C=O) groups is 1. The maximum absolute atomic E-state index is 11.5. The third kappa shape index (κ3) is 2.08. The van der Waals surface area contributed by atoms with Gasteiger partial charge in [-0.05, 0) is 29.3 Å². The van der Waals surface area contributed by atoms with E-state index in [-0.39, 0.29) is 11.8 Å². The van der Waals surface area contributed by atoms with Gasteiger partial charge in [0.25, 0.3) is 0 Å². The summed E-state index contributed by atoms with van der Waals surface area (Å²) in [6.45, 7) is 1.73. The normalized spacial score (nSPS) is 12.9. The first kappa shape index (κ1) is 10.3. The number of Topliss-reactive ketones (excluding diaryl/α,β-unsaturated/α-hetero) is 1. The third-order valence-corrected chi connectivity index (χ3v) is 3.45. The fraction of sp³-hybridized carbons (Fsp3) is 0.250. The highest BCUT2D eigenvalue weighted by atomic mass is 32.1. The van der Waals surface area contributed by atoms with Crippen molar-refractivity contribution in [3.05, 3.63) is 35.2 Å². The molecule has 2 aromatic rings. The van der Waals surface area contributed by atoms with Gasteiger partial charge in [-0.3, -0.25) is 4.79 Å². The molecule has 3 heteroatoms. The molecule has 0 aliphatic rings. The highest BCUT2D eigenvalue weighted by Crippen LogP contribution is 2.26. The standard InChI is InChI=1S/C12H13NOS/c1-8(13)11(14)6-9-7-15-12-5-3-2-4-10(9)12/h2-5,7-8H,6,13H2,1H3. The topological polar surface area (TPSA) is 43.1 Å². The van der Waals surface area contributed by atoms with Gasteiger partial charge in [-0.1, -0.05) is 18.2 Å². The molecule has 1 heterocycles. The Bertz CT molecular complexity index is 487. The van der Waals surface area contributed by atoms with E-state index in [0.29, 0.717) is 6.42 Å². The van der Waals surface area contributed by atoms with Crippen LogP contribution in [-0.4, -0.2) is 11.8 Å². The van der Waals surface area contributed by atoms with Gasteiger partial charge in [-0.25, -0.2) is 0 Å². The van der Waals surface area contributed by atoms with Crippen LogP contribution in [0, 0.1) is 0 Å². The van der Waals surface area contributed by atoms with E-state index in [2.05, 4.69) is 12.1 Å². The van der Waals surface area contributed by atoms with E-state index in [0.717, 1.165) is 5.56 Å². The minimum Gasteiger partial charge on any atom is -0.322 e. The van der Waals surface area contributed by atoms with Crippen molar-refractivity contribution in [2.75, 3.05) is 0 Å². The van der Waals surface area contributed by atoms with Gasteiger partial charge < -0.3 is 5.73 Å². The number of carbonyl (C=O) groups excluding carboxylic acids is 1. The fourth-order valence-electron chi connectivity index (χ4n) is 1.52. The Morgan fingerprint density at radius 2 is 2.20 bits per heavy atom. The lowest BCUT2D eigenvalue weighted by atomic mass is 10.0. The molecule has 1 atom stereocenters. The van der Waals surface area contributed by atoms with Gasteiger partial charge in [-0.2, -0.15) is 0 Å². The summed E-state index contributed by atoms with van der Waals surface area (Å²) in [4.78, 5) is 11.5. The van der Waals surface area contributed by atoms with Gasteiger partial charge in [0.05, 0.1) is 6.04 Å². The molecule has 0 bridgehead atoms. The molecule has 0 fully saturated rings. The van der Waals surface area contributed by atoms with Gasteiger partial charge >= 0.3 is 0 Å². The van der Waals surface area contributed by atoms with E-state index >= 15 is 0 Å². The maximum atomic E-state index is 11.5. The van der Waals surface area contributed by atoms with Crippen LogP contribution in [0.25, 0.3) is 10.1 Å². The SMILES string of the molecule is CC(N)C(=O)Cc1csc2ccccc12. The van der Waals surface area contributed by atoms with Gasteiger partial charge in [0.1, 0.15) is 0 Å². The molecule has 2 nitrogen and oxygen atoms in total. The van der Waals surface area contributed by atoms with E-state index in [9.17, 15) is 4.79 Å². The van der Waals surface area contributed by atoms with Gasteiger partial charge in [0.15, 0.2) is 5.78 Å². The molecular formula is C12H13NOS. The minimum atomic E-state index is -0.372. The first-order chi connectivity index (χ1) is 7.18. The average Bonchev–Trinajstić information content (AvgIpc) is 2.62.